The second kappa shape index (κ2) is 3.65. The van der Waals surface area contributed by atoms with Crippen LogP contribution < -0.4 is 0 Å². The second-order valence-electron chi connectivity index (χ2n) is 3.59. The summed E-state index contributed by atoms with van der Waals surface area (Å²) in [6.45, 7) is 3.85. The Kier molecular flexibility index (Phi) is 2.50. The molecule has 0 aromatic carbocycles. The molecule has 14 heavy (non-hydrogen) atoms. The first-order chi connectivity index (χ1) is 6.66. The van der Waals surface area contributed by atoms with Crippen molar-refractivity contribution in [3.05, 3.63) is 40.6 Å². The summed E-state index contributed by atoms with van der Waals surface area (Å²) >= 11 is 3.35. The molecule has 1 aromatic rings. The minimum Gasteiger partial charge on any atom is -0.299 e. The van der Waals surface area contributed by atoms with Crippen LogP contribution in [0.15, 0.2) is 35.1 Å². The molecule has 0 aliphatic heterocycles. The third kappa shape index (κ3) is 1.77. The Bertz CT molecular complexity index is 400. The van der Waals surface area contributed by atoms with Crippen molar-refractivity contribution < 1.29 is 4.79 Å². The molecule has 1 heterocycles. The smallest absolute Gasteiger partial charge is 0.144 e. The lowest BCUT2D eigenvalue weighted by molar-refractivity contribution is -0.118. The highest BCUT2D eigenvalue weighted by atomic mass is 79.9. The van der Waals surface area contributed by atoms with E-state index >= 15 is 0 Å². The minimum absolute atomic E-state index is 0.0208. The Morgan fingerprint density at radius 2 is 2.29 bits per heavy atom. The molecule has 0 bridgehead atoms. The summed E-state index contributed by atoms with van der Waals surface area (Å²) in [5, 5.41) is 0. The quantitative estimate of drug-likeness (QED) is 0.719. The number of carbonyl (C=O) groups is 1. The molecule has 1 aliphatic carbocycles. The number of hydrogen-bond donors (Lipinski definition) is 0. The van der Waals surface area contributed by atoms with Gasteiger partial charge >= 0.3 is 0 Å². The van der Waals surface area contributed by atoms with Crippen LogP contribution in [-0.4, -0.2) is 10.8 Å². The number of nitrogens with zero attached hydrogens (tertiary/aromatic N) is 1. The summed E-state index contributed by atoms with van der Waals surface area (Å²) in [5.41, 5.74) is 2.02. The van der Waals surface area contributed by atoms with E-state index in [0.29, 0.717) is 6.42 Å². The standard InChI is InChI=1S/C11H10BrNO/c1-7-2-10(11(14)3-7)8-4-9(12)6-13-5-8/h4-6,10H,1-3H2. The highest BCUT2D eigenvalue weighted by Gasteiger charge is 2.28. The molecule has 3 heteroatoms. The summed E-state index contributed by atoms with van der Waals surface area (Å²) < 4.78 is 0.917. The fourth-order valence-corrected chi connectivity index (χ4v) is 2.15. The van der Waals surface area contributed by atoms with E-state index < -0.39 is 0 Å². The topological polar surface area (TPSA) is 30.0 Å². The van der Waals surface area contributed by atoms with Gasteiger partial charge in [-0.3, -0.25) is 9.78 Å². The molecule has 1 unspecified atom stereocenters. The molecule has 2 nitrogen and oxygen atoms in total. The lowest BCUT2D eigenvalue weighted by atomic mass is 9.98. The zero-order chi connectivity index (χ0) is 10.1. The number of halogens is 1. The highest BCUT2D eigenvalue weighted by Crippen LogP contribution is 2.34. The fourth-order valence-electron chi connectivity index (χ4n) is 1.77. The van der Waals surface area contributed by atoms with Gasteiger partial charge in [-0.25, -0.2) is 0 Å². The van der Waals surface area contributed by atoms with Crippen molar-refractivity contribution in [2.45, 2.75) is 18.8 Å². The van der Waals surface area contributed by atoms with Crippen LogP contribution in [-0.2, 0) is 4.79 Å². The van der Waals surface area contributed by atoms with Gasteiger partial charge in [0.05, 0.1) is 0 Å². The van der Waals surface area contributed by atoms with Crippen LogP contribution in [0.3, 0.4) is 0 Å². The van der Waals surface area contributed by atoms with E-state index in [0.717, 1.165) is 22.0 Å². The highest BCUT2D eigenvalue weighted by molar-refractivity contribution is 9.10. The molecular formula is C11H10BrNO. The van der Waals surface area contributed by atoms with Crippen LogP contribution in [0.25, 0.3) is 0 Å². The number of Topliss-reactive ketones (excluding diaryl/α,β-unsaturated/α-hetero) is 1. The third-order valence-electron chi connectivity index (χ3n) is 2.43. The fraction of sp³-hybridized carbons (Fsp3) is 0.273. The molecule has 1 fully saturated rings. The van der Waals surface area contributed by atoms with Crippen molar-refractivity contribution in [3.8, 4) is 0 Å². The van der Waals surface area contributed by atoms with Crippen molar-refractivity contribution in [1.82, 2.24) is 4.98 Å². The minimum atomic E-state index is -0.0208. The maximum Gasteiger partial charge on any atom is 0.144 e. The average molecular weight is 252 g/mol. The van der Waals surface area contributed by atoms with Crippen molar-refractivity contribution in [2.24, 2.45) is 0 Å². The third-order valence-corrected chi connectivity index (χ3v) is 2.87. The van der Waals surface area contributed by atoms with Crippen LogP contribution in [0.1, 0.15) is 24.3 Å². The van der Waals surface area contributed by atoms with E-state index in [9.17, 15) is 4.79 Å². The zero-order valence-corrected chi connectivity index (χ0v) is 9.25. The van der Waals surface area contributed by atoms with E-state index in [2.05, 4.69) is 27.5 Å². The number of hydrogen-bond acceptors (Lipinski definition) is 2. The number of aromatic nitrogens is 1. The maximum absolute atomic E-state index is 11.6. The molecule has 0 radical (unpaired) electrons. The van der Waals surface area contributed by atoms with Gasteiger partial charge in [-0.15, -0.1) is 0 Å². The molecule has 72 valence electrons. The van der Waals surface area contributed by atoms with Crippen LogP contribution in [0, 0.1) is 0 Å². The number of allylic oxidation sites excluding steroid dienone is 1. The largest absolute Gasteiger partial charge is 0.299 e. The van der Waals surface area contributed by atoms with Gasteiger partial charge in [-0.1, -0.05) is 12.2 Å². The summed E-state index contributed by atoms with van der Waals surface area (Å²) in [7, 11) is 0. The second-order valence-corrected chi connectivity index (χ2v) is 4.50. The molecule has 0 amide bonds. The molecule has 0 saturated heterocycles. The van der Waals surface area contributed by atoms with Gasteiger partial charge in [0.25, 0.3) is 0 Å². The van der Waals surface area contributed by atoms with Crippen LogP contribution in [0.4, 0.5) is 0 Å². The summed E-state index contributed by atoms with van der Waals surface area (Å²) in [6.07, 6.45) is 4.78. The predicted molar refractivity (Wildman–Crippen MR) is 58.1 cm³/mol. The van der Waals surface area contributed by atoms with Gasteiger partial charge in [0.15, 0.2) is 0 Å². The SMILES string of the molecule is C=C1CC(=O)C(c2cncc(Br)c2)C1. The number of pyridine rings is 1. The Morgan fingerprint density at radius 3 is 2.86 bits per heavy atom. The van der Waals surface area contributed by atoms with Crippen molar-refractivity contribution in [3.63, 3.8) is 0 Å². The molecule has 1 aromatic heterocycles. The first-order valence-corrected chi connectivity index (χ1v) is 5.26. The van der Waals surface area contributed by atoms with Crippen molar-refractivity contribution in [2.75, 3.05) is 0 Å². The first-order valence-electron chi connectivity index (χ1n) is 4.46. The van der Waals surface area contributed by atoms with Crippen molar-refractivity contribution in [1.29, 1.82) is 0 Å². The molecule has 1 atom stereocenters. The average Bonchev–Trinajstić information content (AvgIpc) is 2.45. The summed E-state index contributed by atoms with van der Waals surface area (Å²) in [6, 6.07) is 1.95. The summed E-state index contributed by atoms with van der Waals surface area (Å²) in [4.78, 5) is 15.7. The van der Waals surface area contributed by atoms with Gasteiger partial charge in [0, 0.05) is 29.2 Å². The van der Waals surface area contributed by atoms with Crippen LogP contribution >= 0.6 is 15.9 Å². The van der Waals surface area contributed by atoms with Gasteiger partial charge in [0.1, 0.15) is 5.78 Å². The molecule has 1 aliphatic rings. The normalized spacial score (nSPS) is 21.6. The van der Waals surface area contributed by atoms with E-state index in [-0.39, 0.29) is 11.7 Å². The molecule has 2 rings (SSSR count). The van der Waals surface area contributed by atoms with Gasteiger partial charge < -0.3 is 0 Å². The summed E-state index contributed by atoms with van der Waals surface area (Å²) in [5.74, 6) is 0.238. The maximum atomic E-state index is 11.6. The number of rotatable bonds is 1. The Hall–Kier alpha value is -0.960. The van der Waals surface area contributed by atoms with Gasteiger partial charge in [-0.05, 0) is 34.0 Å². The van der Waals surface area contributed by atoms with Crippen LogP contribution in [0.5, 0.6) is 0 Å². The number of carbonyl (C=O) groups excluding carboxylic acids is 1. The van der Waals surface area contributed by atoms with E-state index in [4.69, 9.17) is 0 Å². The Labute approximate surface area is 91.2 Å². The predicted octanol–water partition coefficient (Wildman–Crippen LogP) is 2.85. The van der Waals surface area contributed by atoms with E-state index in [1.807, 2.05) is 6.07 Å². The molecule has 0 spiro atoms. The molecule has 0 N–H and O–H groups in total. The van der Waals surface area contributed by atoms with Gasteiger partial charge in [0.2, 0.25) is 0 Å². The lowest BCUT2D eigenvalue weighted by Gasteiger charge is -2.06. The van der Waals surface area contributed by atoms with Gasteiger partial charge in [-0.2, -0.15) is 0 Å². The molecular weight excluding hydrogens is 242 g/mol. The van der Waals surface area contributed by atoms with Crippen molar-refractivity contribution >= 4 is 21.7 Å². The first kappa shape index (κ1) is 9.59. The van der Waals surface area contributed by atoms with Crippen LogP contribution in [0.2, 0.25) is 0 Å². The number of ketones is 1. The van der Waals surface area contributed by atoms with E-state index in [1.165, 1.54) is 0 Å². The molecule has 1 saturated carbocycles. The monoisotopic (exact) mass is 251 g/mol. The lowest BCUT2D eigenvalue weighted by Crippen LogP contribution is -2.04. The zero-order valence-electron chi connectivity index (χ0n) is 7.66. The Balaban J connectivity index is 2.31. The Morgan fingerprint density at radius 1 is 1.50 bits per heavy atom. The van der Waals surface area contributed by atoms with E-state index in [1.54, 1.807) is 12.4 Å².